The van der Waals surface area contributed by atoms with E-state index in [2.05, 4.69) is 21.2 Å². The van der Waals surface area contributed by atoms with Gasteiger partial charge in [0.05, 0.1) is 29.3 Å². The summed E-state index contributed by atoms with van der Waals surface area (Å²) < 4.78 is 0. The Morgan fingerprint density at radius 2 is 0.746 bits per heavy atom. The van der Waals surface area contributed by atoms with E-state index in [-0.39, 0.29) is 29.8 Å². The quantitative estimate of drug-likeness (QED) is 0.0979. The predicted molar refractivity (Wildman–Crippen MR) is 252 cm³/mol. The van der Waals surface area contributed by atoms with Crippen molar-refractivity contribution in [3.8, 4) is 56.9 Å². The van der Waals surface area contributed by atoms with Gasteiger partial charge in [-0.2, -0.15) is 0 Å². The topological polar surface area (TPSA) is 138 Å². The Morgan fingerprint density at radius 1 is 0.444 bits per heavy atom. The Hall–Kier alpha value is -8.48. The van der Waals surface area contributed by atoms with Crippen LogP contribution >= 0.6 is 0 Å². The van der Waals surface area contributed by atoms with Gasteiger partial charge in [0.2, 0.25) is 0 Å². The lowest BCUT2D eigenvalue weighted by molar-refractivity contribution is 0.0956. The first-order valence-electron chi connectivity index (χ1n) is 20.4. The number of benzene rings is 4. The lowest BCUT2D eigenvalue weighted by Crippen LogP contribution is -2.23. The Morgan fingerprint density at radius 3 is 1.10 bits per heavy atom. The van der Waals surface area contributed by atoms with E-state index in [1.165, 1.54) is 0 Å². The van der Waals surface area contributed by atoms with Crippen LogP contribution in [0.5, 0.6) is 0 Å². The minimum Gasteiger partial charge on any atom is -0.354 e. The number of nitrogens with zero attached hydrogens (tertiary/aromatic N) is 2. The van der Waals surface area contributed by atoms with E-state index >= 15 is 0 Å². The van der Waals surface area contributed by atoms with Gasteiger partial charge in [-0.1, -0.05) is 90.8 Å². The van der Waals surface area contributed by atoms with Crippen molar-refractivity contribution in [2.45, 2.75) is 20.8 Å². The Kier molecular flexibility index (Phi) is 10.5. The molecule has 0 saturated carbocycles. The van der Waals surface area contributed by atoms with Crippen LogP contribution in [-0.4, -0.2) is 49.7 Å². The molecule has 7 aromatic rings. The van der Waals surface area contributed by atoms with Crippen LogP contribution in [-0.2, 0) is 0 Å². The molecule has 8 bridgehead atoms. The average Bonchev–Trinajstić information content (AvgIpc) is 4.15. The van der Waals surface area contributed by atoms with Gasteiger partial charge in [-0.3, -0.25) is 19.2 Å². The van der Waals surface area contributed by atoms with Gasteiger partial charge in [0.15, 0.2) is 17.3 Å². The number of Topliss-reactive ketones (excluding diaryl/α,β-unsaturated/α-hetero) is 3. The molecule has 4 aromatic carbocycles. The van der Waals surface area contributed by atoms with E-state index in [0.29, 0.717) is 45.0 Å². The molecule has 2 aliphatic rings. The number of rotatable bonds is 9. The maximum absolute atomic E-state index is 12.9. The summed E-state index contributed by atoms with van der Waals surface area (Å²) >= 11 is 0. The number of H-pyrrole nitrogens is 2. The standard InChI is InChI=1S/C54H39N5O4/c1-5-30-55-54(63)41-20-18-40(19-21-41)53-48-28-26-46(58-48)51(38-14-8-35(9-15-38)32(3)61)44-24-22-42(56-44)50(37-12-6-34(7-13-37)31(2)60)43-23-25-45(57-43)52(47-27-29-49(53)59-47)39-16-10-36(11-17-39)33(4)62/h1,6-29,56-57H,30H2,2-4H3,(H,55,63). The third kappa shape index (κ3) is 7.74. The SMILES string of the molecule is C#CCNC(=O)c1ccc(-c2c3nc(c(-c4ccc(C(C)=O)cc4)c4ccc([nH]4)c(-c4ccc(C(C)=O)cc4)c4ccc([nH]4)c(-c4ccc(C(C)=O)cc4)c4nc2C=C4)C=C3)cc1. The van der Waals surface area contributed by atoms with Crippen molar-refractivity contribution < 1.29 is 19.2 Å². The summed E-state index contributed by atoms with van der Waals surface area (Å²) in [5.74, 6) is 2.07. The number of aromatic amines is 2. The molecule has 0 unspecified atom stereocenters. The van der Waals surface area contributed by atoms with Gasteiger partial charge in [0, 0.05) is 66.6 Å². The molecule has 9 rings (SSSR count). The van der Waals surface area contributed by atoms with Gasteiger partial charge in [0.1, 0.15) is 0 Å². The number of fused-ring (bicyclic) bond motifs is 8. The molecule has 9 heteroatoms. The minimum absolute atomic E-state index is 0.0250. The van der Waals surface area contributed by atoms with Gasteiger partial charge >= 0.3 is 0 Å². The number of amides is 1. The third-order valence-corrected chi connectivity index (χ3v) is 11.3. The molecule has 63 heavy (non-hydrogen) atoms. The van der Waals surface area contributed by atoms with Crippen LogP contribution in [0, 0.1) is 12.3 Å². The maximum atomic E-state index is 12.9. The summed E-state index contributed by atoms with van der Waals surface area (Å²) in [5, 5.41) is 2.73. The molecule has 0 spiro atoms. The van der Waals surface area contributed by atoms with Gasteiger partial charge < -0.3 is 15.3 Å². The van der Waals surface area contributed by atoms with Crippen LogP contribution < -0.4 is 5.32 Å². The first-order chi connectivity index (χ1) is 30.6. The summed E-state index contributed by atoms with van der Waals surface area (Å²) in [7, 11) is 0. The largest absolute Gasteiger partial charge is 0.354 e. The third-order valence-electron chi connectivity index (χ3n) is 11.3. The molecule has 3 N–H and O–H groups in total. The summed E-state index contributed by atoms with van der Waals surface area (Å²) in [4.78, 5) is 68.0. The number of carbonyl (C=O) groups excluding carboxylic acids is 4. The minimum atomic E-state index is -0.279. The van der Waals surface area contributed by atoms with E-state index in [0.717, 1.165) is 66.6 Å². The summed E-state index contributed by atoms with van der Waals surface area (Å²) in [6.45, 7) is 4.76. The number of nitrogens with one attached hydrogen (secondary N) is 3. The summed E-state index contributed by atoms with van der Waals surface area (Å²) in [6, 6.07) is 38.0. The lowest BCUT2D eigenvalue weighted by atomic mass is 10.0. The predicted octanol–water partition coefficient (Wildman–Crippen LogP) is 11.3. The van der Waals surface area contributed by atoms with Gasteiger partial charge in [0.25, 0.3) is 5.91 Å². The van der Waals surface area contributed by atoms with E-state index in [1.54, 1.807) is 32.9 Å². The van der Waals surface area contributed by atoms with Crippen molar-refractivity contribution in [3.05, 3.63) is 166 Å². The van der Waals surface area contributed by atoms with E-state index in [1.807, 2.05) is 133 Å². The summed E-state index contributed by atoms with van der Waals surface area (Å²) in [6.07, 6.45) is 13.3. The fourth-order valence-electron chi connectivity index (χ4n) is 8.06. The number of ketones is 3. The fourth-order valence-corrected chi connectivity index (χ4v) is 8.06. The van der Waals surface area contributed by atoms with Crippen molar-refractivity contribution in [2.75, 3.05) is 6.54 Å². The first-order valence-corrected chi connectivity index (χ1v) is 20.4. The number of hydrogen-bond donors (Lipinski definition) is 3. The Bertz CT molecular complexity index is 3150. The molecular formula is C54H39N5O4. The van der Waals surface area contributed by atoms with E-state index in [4.69, 9.17) is 16.4 Å². The molecule has 5 heterocycles. The molecule has 3 aromatic heterocycles. The molecular weight excluding hydrogens is 783 g/mol. The van der Waals surface area contributed by atoms with Gasteiger partial charge in [-0.25, -0.2) is 9.97 Å². The van der Waals surface area contributed by atoms with Crippen LogP contribution in [0.25, 0.3) is 90.9 Å². The van der Waals surface area contributed by atoms with Crippen LogP contribution in [0.15, 0.2) is 121 Å². The van der Waals surface area contributed by atoms with Crippen LogP contribution in [0.4, 0.5) is 0 Å². The van der Waals surface area contributed by atoms with Gasteiger partial charge in [-0.15, -0.1) is 6.42 Å². The maximum Gasteiger partial charge on any atom is 0.252 e. The zero-order chi connectivity index (χ0) is 43.8. The van der Waals surface area contributed by atoms with Crippen LogP contribution in [0.1, 0.15) is 85.0 Å². The zero-order valence-electron chi connectivity index (χ0n) is 34.7. The van der Waals surface area contributed by atoms with Crippen LogP contribution in [0.3, 0.4) is 0 Å². The van der Waals surface area contributed by atoms with Crippen molar-refractivity contribution in [1.82, 2.24) is 25.3 Å². The molecule has 2 aliphatic heterocycles. The zero-order valence-corrected chi connectivity index (χ0v) is 34.7. The van der Waals surface area contributed by atoms with Gasteiger partial charge in [-0.05, 0) is 104 Å². The fraction of sp³-hybridized carbons (Fsp3) is 0.0741. The molecule has 0 saturated heterocycles. The number of hydrogen-bond acceptors (Lipinski definition) is 6. The molecule has 304 valence electrons. The van der Waals surface area contributed by atoms with Crippen molar-refractivity contribution in [2.24, 2.45) is 0 Å². The molecule has 0 radical (unpaired) electrons. The highest BCUT2D eigenvalue weighted by Crippen LogP contribution is 2.39. The van der Waals surface area contributed by atoms with E-state index in [9.17, 15) is 19.2 Å². The highest BCUT2D eigenvalue weighted by atomic mass is 16.2. The highest BCUT2D eigenvalue weighted by Gasteiger charge is 2.20. The second kappa shape index (κ2) is 16.5. The number of aromatic nitrogens is 4. The first kappa shape index (κ1) is 40.0. The van der Waals surface area contributed by atoms with Crippen LogP contribution in [0.2, 0.25) is 0 Å². The Balaban J connectivity index is 1.40. The highest BCUT2D eigenvalue weighted by molar-refractivity contribution is 6.03. The molecule has 0 aliphatic carbocycles. The van der Waals surface area contributed by atoms with E-state index < -0.39 is 0 Å². The lowest BCUT2D eigenvalue weighted by Gasteiger charge is -2.08. The van der Waals surface area contributed by atoms with Crippen molar-refractivity contribution in [3.63, 3.8) is 0 Å². The Labute approximate surface area is 363 Å². The second-order valence-electron chi connectivity index (χ2n) is 15.4. The van der Waals surface area contributed by atoms with Crippen molar-refractivity contribution in [1.29, 1.82) is 0 Å². The number of carbonyl (C=O) groups is 4. The average molecular weight is 822 g/mol. The molecule has 1 amide bonds. The van der Waals surface area contributed by atoms with Crippen molar-refractivity contribution >= 4 is 69.6 Å². The molecule has 9 nitrogen and oxygen atoms in total. The normalized spacial score (nSPS) is 11.6. The molecule has 0 fully saturated rings. The number of terminal acetylenes is 1. The smallest absolute Gasteiger partial charge is 0.252 e. The second-order valence-corrected chi connectivity index (χ2v) is 15.4. The monoisotopic (exact) mass is 821 g/mol. The summed E-state index contributed by atoms with van der Waals surface area (Å²) in [5.41, 5.74) is 14.7. The molecule has 0 atom stereocenters.